The fourth-order valence-electron chi connectivity index (χ4n) is 4.62. The van der Waals surface area contributed by atoms with Crippen LogP contribution in [0.15, 0.2) is 72.8 Å². The number of nitrogens with zero attached hydrogens (tertiary/aromatic N) is 2. The Kier molecular flexibility index (Phi) is 7.19. The van der Waals surface area contributed by atoms with E-state index in [1.807, 2.05) is 77.7 Å². The molecule has 1 aliphatic heterocycles. The SMILES string of the molecule is COc1ccc(-c2n[nH]c3c2C(c2ccc(OCCC(C)C)cc2)N(Cc2ccc(Cl)cc2)C3=O)cc1. The Balaban J connectivity index is 1.52. The van der Waals surface area contributed by atoms with Crippen LogP contribution in [0.1, 0.15) is 53.5 Å². The Morgan fingerprint density at radius 2 is 1.65 bits per heavy atom. The zero-order chi connectivity index (χ0) is 25.9. The molecule has 1 aromatic heterocycles. The van der Waals surface area contributed by atoms with E-state index in [1.165, 1.54) is 0 Å². The zero-order valence-corrected chi connectivity index (χ0v) is 22.0. The highest BCUT2D eigenvalue weighted by molar-refractivity contribution is 6.30. The first kappa shape index (κ1) is 24.9. The van der Waals surface area contributed by atoms with Crippen LogP contribution in [-0.2, 0) is 6.54 Å². The Labute approximate surface area is 222 Å². The maximum atomic E-state index is 13.7. The largest absolute Gasteiger partial charge is 0.497 e. The van der Waals surface area contributed by atoms with Gasteiger partial charge in [-0.2, -0.15) is 5.10 Å². The molecule has 6 nitrogen and oxygen atoms in total. The molecule has 1 amide bonds. The van der Waals surface area contributed by atoms with Gasteiger partial charge in [0.25, 0.3) is 5.91 Å². The average Bonchev–Trinajstić information content (AvgIpc) is 3.45. The van der Waals surface area contributed by atoms with E-state index in [0.717, 1.165) is 45.9 Å². The fourth-order valence-corrected chi connectivity index (χ4v) is 4.75. The van der Waals surface area contributed by atoms with Gasteiger partial charge in [-0.1, -0.05) is 49.7 Å². The van der Waals surface area contributed by atoms with Crippen LogP contribution in [-0.4, -0.2) is 34.7 Å². The smallest absolute Gasteiger partial charge is 0.273 e. The van der Waals surface area contributed by atoms with Crippen LogP contribution in [0, 0.1) is 5.92 Å². The van der Waals surface area contributed by atoms with Gasteiger partial charge in [-0.15, -0.1) is 0 Å². The minimum absolute atomic E-state index is 0.0838. The summed E-state index contributed by atoms with van der Waals surface area (Å²) in [5.41, 5.74) is 5.05. The van der Waals surface area contributed by atoms with Gasteiger partial charge in [-0.05, 0) is 72.0 Å². The van der Waals surface area contributed by atoms with Gasteiger partial charge in [0.05, 0.1) is 25.5 Å². The highest BCUT2D eigenvalue weighted by Gasteiger charge is 2.42. The van der Waals surface area contributed by atoms with E-state index >= 15 is 0 Å². The van der Waals surface area contributed by atoms with Crippen molar-refractivity contribution in [1.82, 2.24) is 15.1 Å². The van der Waals surface area contributed by atoms with Gasteiger partial charge in [-0.3, -0.25) is 9.89 Å². The molecule has 0 saturated heterocycles. The van der Waals surface area contributed by atoms with Gasteiger partial charge < -0.3 is 14.4 Å². The Hall–Kier alpha value is -3.77. The molecule has 0 aliphatic carbocycles. The van der Waals surface area contributed by atoms with Crippen molar-refractivity contribution in [3.05, 3.63) is 100 Å². The van der Waals surface area contributed by atoms with Crippen molar-refractivity contribution < 1.29 is 14.3 Å². The Morgan fingerprint density at radius 1 is 0.973 bits per heavy atom. The van der Waals surface area contributed by atoms with Crippen LogP contribution in [0.25, 0.3) is 11.3 Å². The summed E-state index contributed by atoms with van der Waals surface area (Å²) < 4.78 is 11.3. The number of carbonyl (C=O) groups is 1. The summed E-state index contributed by atoms with van der Waals surface area (Å²) in [6.45, 7) is 5.48. The number of aromatic amines is 1. The molecule has 1 unspecified atom stereocenters. The molecule has 37 heavy (non-hydrogen) atoms. The lowest BCUT2D eigenvalue weighted by Crippen LogP contribution is -2.29. The second-order valence-corrected chi connectivity index (χ2v) is 10.1. The second-order valence-electron chi connectivity index (χ2n) is 9.65. The van der Waals surface area contributed by atoms with Crippen molar-refractivity contribution in [2.45, 2.75) is 32.9 Å². The van der Waals surface area contributed by atoms with Gasteiger partial charge >= 0.3 is 0 Å². The molecule has 0 spiro atoms. The van der Waals surface area contributed by atoms with Crippen LogP contribution >= 0.6 is 11.6 Å². The van der Waals surface area contributed by atoms with Crippen LogP contribution in [0.2, 0.25) is 5.02 Å². The fraction of sp³-hybridized carbons (Fsp3) is 0.267. The number of nitrogens with one attached hydrogen (secondary N) is 1. The zero-order valence-electron chi connectivity index (χ0n) is 21.2. The lowest BCUT2D eigenvalue weighted by Gasteiger charge is -2.27. The van der Waals surface area contributed by atoms with Gasteiger partial charge in [0.2, 0.25) is 0 Å². The normalized spacial score (nSPS) is 14.8. The lowest BCUT2D eigenvalue weighted by molar-refractivity contribution is 0.0730. The monoisotopic (exact) mass is 515 g/mol. The van der Waals surface area contributed by atoms with Crippen LogP contribution in [0.5, 0.6) is 11.5 Å². The van der Waals surface area contributed by atoms with E-state index in [2.05, 4.69) is 24.0 Å². The molecule has 5 rings (SSSR count). The number of ether oxygens (including phenoxy) is 2. The number of carbonyl (C=O) groups excluding carboxylic acids is 1. The number of methoxy groups -OCH3 is 1. The Bertz CT molecular complexity index is 1360. The van der Waals surface area contributed by atoms with Crippen LogP contribution in [0.4, 0.5) is 0 Å². The van der Waals surface area contributed by atoms with Gasteiger partial charge in [0.1, 0.15) is 17.2 Å². The van der Waals surface area contributed by atoms with Gasteiger partial charge in [0.15, 0.2) is 0 Å². The molecule has 0 radical (unpaired) electrons. The van der Waals surface area contributed by atoms with E-state index in [4.69, 9.17) is 21.1 Å². The second kappa shape index (κ2) is 10.7. The average molecular weight is 516 g/mol. The summed E-state index contributed by atoms with van der Waals surface area (Å²) in [5.74, 6) is 2.09. The molecule has 4 aromatic rings. The standard InChI is InChI=1S/C30H30ClN3O3/c1-19(2)16-17-37-25-14-8-22(9-15-25)29-26-27(21-6-12-24(36-3)13-7-21)32-33-28(26)30(35)34(29)18-20-4-10-23(31)11-5-20/h4-15,19,29H,16-18H2,1-3H3,(H,32,33). The summed E-state index contributed by atoms with van der Waals surface area (Å²) in [5, 5.41) is 8.25. The van der Waals surface area contributed by atoms with E-state index < -0.39 is 0 Å². The van der Waals surface area contributed by atoms with Crippen molar-refractivity contribution in [3.63, 3.8) is 0 Å². The van der Waals surface area contributed by atoms with E-state index in [-0.39, 0.29) is 11.9 Å². The number of amides is 1. The number of hydrogen-bond acceptors (Lipinski definition) is 4. The quantitative estimate of drug-likeness (QED) is 0.263. The highest BCUT2D eigenvalue weighted by atomic mass is 35.5. The molecule has 0 saturated carbocycles. The van der Waals surface area contributed by atoms with E-state index in [1.54, 1.807) is 7.11 Å². The summed E-state index contributed by atoms with van der Waals surface area (Å²) in [7, 11) is 1.64. The predicted octanol–water partition coefficient (Wildman–Crippen LogP) is 6.91. The van der Waals surface area contributed by atoms with Crippen LogP contribution < -0.4 is 9.47 Å². The molecular formula is C30H30ClN3O3. The molecule has 3 aromatic carbocycles. The topological polar surface area (TPSA) is 67.5 Å². The van der Waals surface area contributed by atoms with Crippen molar-refractivity contribution >= 4 is 17.5 Å². The number of H-pyrrole nitrogens is 1. The summed E-state index contributed by atoms with van der Waals surface area (Å²) in [6, 6.07) is 23.0. The van der Waals surface area contributed by atoms with Gasteiger partial charge in [-0.25, -0.2) is 0 Å². The van der Waals surface area contributed by atoms with E-state index in [0.29, 0.717) is 29.8 Å². The molecule has 1 atom stereocenters. The molecule has 7 heteroatoms. The minimum atomic E-state index is -0.307. The number of benzene rings is 3. The van der Waals surface area contributed by atoms with Crippen molar-refractivity contribution in [3.8, 4) is 22.8 Å². The number of aromatic nitrogens is 2. The van der Waals surface area contributed by atoms with Gasteiger partial charge in [0, 0.05) is 22.7 Å². The van der Waals surface area contributed by atoms with Crippen molar-refractivity contribution in [2.75, 3.05) is 13.7 Å². The molecule has 0 fully saturated rings. The summed E-state index contributed by atoms with van der Waals surface area (Å²) in [6.07, 6.45) is 0.997. The highest BCUT2D eigenvalue weighted by Crippen LogP contribution is 2.44. The maximum absolute atomic E-state index is 13.7. The molecule has 2 heterocycles. The molecular weight excluding hydrogens is 486 g/mol. The van der Waals surface area contributed by atoms with Crippen LogP contribution in [0.3, 0.4) is 0 Å². The maximum Gasteiger partial charge on any atom is 0.273 e. The number of halogens is 1. The third kappa shape index (κ3) is 5.20. The summed E-state index contributed by atoms with van der Waals surface area (Å²) in [4.78, 5) is 15.5. The minimum Gasteiger partial charge on any atom is -0.497 e. The number of fused-ring (bicyclic) bond motifs is 1. The Morgan fingerprint density at radius 3 is 2.30 bits per heavy atom. The first-order chi connectivity index (χ1) is 17.9. The number of hydrogen-bond donors (Lipinski definition) is 1. The first-order valence-corrected chi connectivity index (χ1v) is 12.8. The molecule has 1 aliphatic rings. The molecule has 1 N–H and O–H groups in total. The van der Waals surface area contributed by atoms with Crippen molar-refractivity contribution in [2.24, 2.45) is 5.92 Å². The van der Waals surface area contributed by atoms with E-state index in [9.17, 15) is 4.79 Å². The lowest BCUT2D eigenvalue weighted by atomic mass is 9.95. The summed E-state index contributed by atoms with van der Waals surface area (Å²) >= 11 is 6.10. The molecule has 0 bridgehead atoms. The number of rotatable bonds is 9. The molecule has 190 valence electrons. The van der Waals surface area contributed by atoms with Crippen molar-refractivity contribution in [1.29, 1.82) is 0 Å². The third-order valence-electron chi connectivity index (χ3n) is 6.65. The predicted molar refractivity (Wildman–Crippen MR) is 145 cm³/mol. The first-order valence-electron chi connectivity index (χ1n) is 12.5. The third-order valence-corrected chi connectivity index (χ3v) is 6.91.